The summed E-state index contributed by atoms with van der Waals surface area (Å²) in [6.07, 6.45) is 9.50. The number of fused-ring (bicyclic) bond motifs is 1. The quantitative estimate of drug-likeness (QED) is 0.786. The Morgan fingerprint density at radius 2 is 2.23 bits per heavy atom. The zero-order valence-corrected chi connectivity index (χ0v) is 13.8. The number of morpholine rings is 1. The molecule has 0 radical (unpaired) electrons. The van der Waals surface area contributed by atoms with Crippen LogP contribution in [0.4, 0.5) is 0 Å². The number of aryl methyl sites for hydroxylation is 1. The van der Waals surface area contributed by atoms with E-state index in [1.54, 1.807) is 0 Å². The smallest absolute Gasteiger partial charge is 0.0623 e. The molecule has 4 unspecified atom stereocenters. The van der Waals surface area contributed by atoms with E-state index in [-0.39, 0.29) is 12.4 Å². The molecule has 1 saturated heterocycles. The molecule has 2 heterocycles. The first-order valence-electron chi connectivity index (χ1n) is 8.48. The molecule has 1 aromatic heterocycles. The van der Waals surface area contributed by atoms with Gasteiger partial charge in [0.15, 0.2) is 0 Å². The van der Waals surface area contributed by atoms with E-state index in [1.807, 2.05) is 6.20 Å². The highest BCUT2D eigenvalue weighted by Crippen LogP contribution is 2.31. The molecule has 3 N–H and O–H groups in total. The van der Waals surface area contributed by atoms with Crippen LogP contribution in [0.1, 0.15) is 36.9 Å². The lowest BCUT2D eigenvalue weighted by atomic mass is 9.89. The standard InChI is InChI=1S/C16H26N4O.ClH/c1-2-13(16-10-21-7-6-17-16)15(3-1)19-12-4-5-14-11(8-12)9-18-20-14;/h9,12-13,15-17,19H,1-8,10H2,(H,18,20);1H. The first kappa shape index (κ1) is 16.2. The Labute approximate surface area is 138 Å². The Balaban J connectivity index is 0.00000144. The van der Waals surface area contributed by atoms with Gasteiger partial charge in [-0.15, -0.1) is 12.4 Å². The lowest BCUT2D eigenvalue weighted by Gasteiger charge is -2.35. The van der Waals surface area contributed by atoms with Crippen LogP contribution in [0, 0.1) is 5.92 Å². The molecular weight excluding hydrogens is 300 g/mol. The number of nitrogens with one attached hydrogen (secondary N) is 3. The first-order chi connectivity index (χ1) is 10.4. The molecule has 4 atom stereocenters. The molecule has 0 bridgehead atoms. The zero-order valence-electron chi connectivity index (χ0n) is 13.0. The summed E-state index contributed by atoms with van der Waals surface area (Å²) >= 11 is 0. The minimum absolute atomic E-state index is 0. The molecule has 0 spiro atoms. The van der Waals surface area contributed by atoms with Crippen LogP contribution >= 0.6 is 12.4 Å². The Morgan fingerprint density at radius 3 is 3.09 bits per heavy atom. The minimum Gasteiger partial charge on any atom is -0.379 e. The topological polar surface area (TPSA) is 62.0 Å². The number of aromatic amines is 1. The van der Waals surface area contributed by atoms with Gasteiger partial charge in [0.05, 0.1) is 19.4 Å². The van der Waals surface area contributed by atoms with Crippen molar-refractivity contribution in [1.29, 1.82) is 0 Å². The SMILES string of the molecule is Cl.c1n[nH]c2c1CC(NC1CCCC1C1COCCN1)CC2. The lowest BCUT2D eigenvalue weighted by molar-refractivity contribution is 0.0515. The predicted molar refractivity (Wildman–Crippen MR) is 88.5 cm³/mol. The molecule has 5 nitrogen and oxygen atoms in total. The molecule has 0 amide bonds. The van der Waals surface area contributed by atoms with Crippen LogP contribution in [0.15, 0.2) is 6.20 Å². The van der Waals surface area contributed by atoms with Crippen LogP contribution in [0.3, 0.4) is 0 Å². The fourth-order valence-corrected chi connectivity index (χ4v) is 4.40. The van der Waals surface area contributed by atoms with Gasteiger partial charge in [-0.2, -0.15) is 5.10 Å². The van der Waals surface area contributed by atoms with Gasteiger partial charge in [0, 0.05) is 30.4 Å². The van der Waals surface area contributed by atoms with Crippen LogP contribution in [0.25, 0.3) is 0 Å². The zero-order chi connectivity index (χ0) is 14.1. The summed E-state index contributed by atoms with van der Waals surface area (Å²) in [5.74, 6) is 0.732. The van der Waals surface area contributed by atoms with Crippen molar-refractivity contribution in [3.63, 3.8) is 0 Å². The molecule has 1 aromatic rings. The number of H-pyrrole nitrogens is 1. The molecule has 2 fully saturated rings. The largest absolute Gasteiger partial charge is 0.379 e. The molecule has 3 aliphatic rings. The van der Waals surface area contributed by atoms with Gasteiger partial charge in [-0.25, -0.2) is 0 Å². The summed E-state index contributed by atoms with van der Waals surface area (Å²) in [6.45, 7) is 2.77. The van der Waals surface area contributed by atoms with Crippen LogP contribution in [-0.2, 0) is 17.6 Å². The summed E-state index contributed by atoms with van der Waals surface area (Å²) < 4.78 is 5.67. The van der Waals surface area contributed by atoms with E-state index < -0.39 is 0 Å². The third-order valence-electron chi connectivity index (χ3n) is 5.50. The van der Waals surface area contributed by atoms with Crippen molar-refractivity contribution in [2.75, 3.05) is 19.8 Å². The Morgan fingerprint density at radius 1 is 1.27 bits per heavy atom. The van der Waals surface area contributed by atoms with Crippen LogP contribution in [0.2, 0.25) is 0 Å². The normalized spacial score (nSPS) is 34.9. The van der Waals surface area contributed by atoms with Gasteiger partial charge in [0.1, 0.15) is 0 Å². The molecule has 1 saturated carbocycles. The monoisotopic (exact) mass is 326 g/mol. The number of aromatic nitrogens is 2. The maximum atomic E-state index is 5.67. The number of halogens is 1. The fraction of sp³-hybridized carbons (Fsp3) is 0.812. The second kappa shape index (κ2) is 7.30. The summed E-state index contributed by atoms with van der Waals surface area (Å²) in [5, 5.41) is 14.9. The van der Waals surface area contributed by atoms with E-state index >= 15 is 0 Å². The van der Waals surface area contributed by atoms with Gasteiger partial charge in [0.2, 0.25) is 0 Å². The number of hydrogen-bond donors (Lipinski definition) is 3. The third kappa shape index (κ3) is 3.32. The summed E-state index contributed by atoms with van der Waals surface area (Å²) in [7, 11) is 0. The fourth-order valence-electron chi connectivity index (χ4n) is 4.40. The van der Waals surface area contributed by atoms with Gasteiger partial charge in [0.25, 0.3) is 0 Å². The van der Waals surface area contributed by atoms with Crippen molar-refractivity contribution in [3.05, 3.63) is 17.5 Å². The van der Waals surface area contributed by atoms with Crippen LogP contribution in [-0.4, -0.2) is 48.1 Å². The number of ether oxygens (including phenoxy) is 1. The molecule has 1 aliphatic heterocycles. The van der Waals surface area contributed by atoms with Crippen molar-refractivity contribution < 1.29 is 4.74 Å². The second-order valence-electron chi connectivity index (χ2n) is 6.82. The molecule has 22 heavy (non-hydrogen) atoms. The van der Waals surface area contributed by atoms with Crippen molar-refractivity contribution >= 4 is 12.4 Å². The first-order valence-corrected chi connectivity index (χ1v) is 8.48. The molecule has 0 aromatic carbocycles. The maximum absolute atomic E-state index is 5.67. The molecule has 6 heteroatoms. The van der Waals surface area contributed by atoms with Crippen LogP contribution in [0.5, 0.6) is 0 Å². The van der Waals surface area contributed by atoms with E-state index in [4.69, 9.17) is 4.74 Å². The van der Waals surface area contributed by atoms with Gasteiger partial charge in [-0.3, -0.25) is 5.10 Å². The number of hydrogen-bond acceptors (Lipinski definition) is 4. The lowest BCUT2D eigenvalue weighted by Crippen LogP contribution is -2.53. The van der Waals surface area contributed by atoms with E-state index in [2.05, 4.69) is 20.8 Å². The minimum atomic E-state index is 0. The second-order valence-corrected chi connectivity index (χ2v) is 6.82. The highest BCUT2D eigenvalue weighted by atomic mass is 35.5. The number of nitrogens with zero attached hydrogens (tertiary/aromatic N) is 1. The Hall–Kier alpha value is -0.620. The van der Waals surface area contributed by atoms with Crippen molar-refractivity contribution in [2.24, 2.45) is 5.92 Å². The van der Waals surface area contributed by atoms with E-state index in [9.17, 15) is 0 Å². The van der Waals surface area contributed by atoms with Crippen molar-refractivity contribution in [2.45, 2.75) is 56.7 Å². The highest BCUT2D eigenvalue weighted by molar-refractivity contribution is 5.85. The highest BCUT2D eigenvalue weighted by Gasteiger charge is 2.36. The van der Waals surface area contributed by atoms with Gasteiger partial charge in [-0.1, -0.05) is 6.42 Å². The van der Waals surface area contributed by atoms with Gasteiger partial charge >= 0.3 is 0 Å². The predicted octanol–water partition coefficient (Wildman–Crippen LogP) is 1.44. The van der Waals surface area contributed by atoms with Crippen molar-refractivity contribution in [1.82, 2.24) is 20.8 Å². The van der Waals surface area contributed by atoms with E-state index in [0.717, 1.165) is 38.5 Å². The van der Waals surface area contributed by atoms with Crippen molar-refractivity contribution in [3.8, 4) is 0 Å². The molecule has 2 aliphatic carbocycles. The Kier molecular flexibility index (Phi) is 5.39. The number of rotatable bonds is 3. The molecular formula is C16H27ClN4O. The maximum Gasteiger partial charge on any atom is 0.0623 e. The Bertz CT molecular complexity index is 474. The third-order valence-corrected chi connectivity index (χ3v) is 5.50. The molecule has 4 rings (SSSR count). The summed E-state index contributed by atoms with van der Waals surface area (Å²) in [6, 6.07) is 1.82. The summed E-state index contributed by atoms with van der Waals surface area (Å²) in [5.41, 5.74) is 2.76. The average molecular weight is 327 g/mol. The average Bonchev–Trinajstić information content (AvgIpc) is 3.16. The summed E-state index contributed by atoms with van der Waals surface area (Å²) in [4.78, 5) is 0. The van der Waals surface area contributed by atoms with Gasteiger partial charge < -0.3 is 15.4 Å². The van der Waals surface area contributed by atoms with E-state index in [1.165, 1.54) is 36.9 Å². The van der Waals surface area contributed by atoms with E-state index in [0.29, 0.717) is 18.1 Å². The van der Waals surface area contributed by atoms with Crippen LogP contribution < -0.4 is 10.6 Å². The molecule has 124 valence electrons. The van der Waals surface area contributed by atoms with Gasteiger partial charge in [-0.05, 0) is 43.6 Å².